The fourth-order valence-electron chi connectivity index (χ4n) is 1.77. The molecular formula is C12H16FN5. The summed E-state index contributed by atoms with van der Waals surface area (Å²) in [6.07, 6.45) is 0.406. The van der Waals surface area contributed by atoms with Gasteiger partial charge in [0.1, 0.15) is 5.82 Å². The molecule has 1 unspecified atom stereocenters. The lowest BCUT2D eigenvalue weighted by molar-refractivity contribution is 0.471. The predicted octanol–water partition coefficient (Wildman–Crippen LogP) is 1.07. The molecule has 1 aromatic carbocycles. The van der Waals surface area contributed by atoms with Crippen molar-refractivity contribution in [1.29, 1.82) is 0 Å². The Balaban J connectivity index is 2.26. The molecule has 0 amide bonds. The Hall–Kier alpha value is -1.82. The van der Waals surface area contributed by atoms with E-state index < -0.39 is 5.54 Å². The fraction of sp³-hybridized carbons (Fsp3) is 0.417. The first-order valence-corrected chi connectivity index (χ1v) is 5.67. The third kappa shape index (κ3) is 2.53. The molecule has 0 spiro atoms. The van der Waals surface area contributed by atoms with E-state index in [0.29, 0.717) is 17.8 Å². The highest BCUT2D eigenvalue weighted by Crippen LogP contribution is 2.23. The Labute approximate surface area is 105 Å². The highest BCUT2D eigenvalue weighted by molar-refractivity contribution is 5.29. The number of nitrogens with two attached hydrogens (primary N) is 1. The van der Waals surface area contributed by atoms with Gasteiger partial charge in [-0.1, -0.05) is 12.1 Å². The summed E-state index contributed by atoms with van der Waals surface area (Å²) in [6, 6.07) is 5.01. The molecule has 0 aliphatic carbocycles. The molecule has 2 rings (SSSR count). The van der Waals surface area contributed by atoms with Gasteiger partial charge in [0, 0.05) is 12.0 Å². The third-order valence-corrected chi connectivity index (χ3v) is 2.91. The van der Waals surface area contributed by atoms with Crippen LogP contribution in [-0.2, 0) is 19.0 Å². The van der Waals surface area contributed by atoms with Crippen LogP contribution >= 0.6 is 0 Å². The van der Waals surface area contributed by atoms with Gasteiger partial charge >= 0.3 is 0 Å². The van der Waals surface area contributed by atoms with Gasteiger partial charge in [-0.05, 0) is 36.3 Å². The molecule has 0 radical (unpaired) electrons. The monoisotopic (exact) mass is 249 g/mol. The van der Waals surface area contributed by atoms with Gasteiger partial charge in [-0.2, -0.15) is 4.80 Å². The van der Waals surface area contributed by atoms with E-state index in [-0.39, 0.29) is 5.82 Å². The van der Waals surface area contributed by atoms with Gasteiger partial charge in [-0.15, -0.1) is 10.2 Å². The smallest absolute Gasteiger partial charge is 0.176 e. The van der Waals surface area contributed by atoms with Crippen molar-refractivity contribution < 1.29 is 4.39 Å². The van der Waals surface area contributed by atoms with Gasteiger partial charge in [0.05, 0.1) is 7.05 Å². The van der Waals surface area contributed by atoms with Crippen LogP contribution in [-0.4, -0.2) is 20.2 Å². The first kappa shape index (κ1) is 12.6. The molecule has 6 heteroatoms. The first-order chi connectivity index (χ1) is 8.38. The van der Waals surface area contributed by atoms with Crippen molar-refractivity contribution in [2.75, 3.05) is 0 Å². The molecular weight excluding hydrogens is 233 g/mol. The quantitative estimate of drug-likeness (QED) is 0.883. The maximum atomic E-state index is 13.5. The minimum Gasteiger partial charge on any atom is -0.321 e. The van der Waals surface area contributed by atoms with Crippen molar-refractivity contribution in [3.05, 3.63) is 41.0 Å². The van der Waals surface area contributed by atoms with E-state index in [1.807, 2.05) is 13.0 Å². The summed E-state index contributed by atoms with van der Waals surface area (Å²) in [5, 5.41) is 11.7. The SMILES string of the molecule is Cc1ccc(C(C)(N)Cc2nnn(C)n2)cc1F. The zero-order chi connectivity index (χ0) is 13.3. The van der Waals surface area contributed by atoms with E-state index in [0.717, 1.165) is 5.56 Å². The van der Waals surface area contributed by atoms with Gasteiger partial charge < -0.3 is 5.73 Å². The van der Waals surface area contributed by atoms with Crippen LogP contribution in [0.5, 0.6) is 0 Å². The summed E-state index contributed by atoms with van der Waals surface area (Å²) < 4.78 is 13.5. The van der Waals surface area contributed by atoms with Gasteiger partial charge in [-0.3, -0.25) is 0 Å². The Morgan fingerprint density at radius 3 is 2.72 bits per heavy atom. The molecule has 18 heavy (non-hydrogen) atoms. The Morgan fingerprint density at radius 2 is 2.17 bits per heavy atom. The molecule has 1 heterocycles. The summed E-state index contributed by atoms with van der Waals surface area (Å²) in [4.78, 5) is 1.38. The van der Waals surface area contributed by atoms with Crippen LogP contribution in [0.25, 0.3) is 0 Å². The van der Waals surface area contributed by atoms with Crippen LogP contribution < -0.4 is 5.73 Å². The average Bonchev–Trinajstić information content (AvgIpc) is 2.67. The highest BCUT2D eigenvalue weighted by Gasteiger charge is 2.24. The Morgan fingerprint density at radius 1 is 1.44 bits per heavy atom. The lowest BCUT2D eigenvalue weighted by atomic mass is 9.89. The first-order valence-electron chi connectivity index (χ1n) is 5.67. The number of hydrogen-bond acceptors (Lipinski definition) is 4. The molecule has 1 atom stereocenters. The van der Waals surface area contributed by atoms with Crippen LogP contribution in [0.1, 0.15) is 23.9 Å². The molecule has 2 aromatic rings. The number of tetrazole rings is 1. The Kier molecular flexibility index (Phi) is 3.13. The molecule has 0 bridgehead atoms. The Bertz CT molecular complexity index is 561. The number of benzene rings is 1. The van der Waals surface area contributed by atoms with Crippen molar-refractivity contribution >= 4 is 0 Å². The van der Waals surface area contributed by atoms with Crippen LogP contribution in [0.2, 0.25) is 0 Å². The van der Waals surface area contributed by atoms with Crippen molar-refractivity contribution in [3.63, 3.8) is 0 Å². The molecule has 0 aliphatic heterocycles. The molecule has 1 aromatic heterocycles. The topological polar surface area (TPSA) is 69.6 Å². The second kappa shape index (κ2) is 4.45. The van der Waals surface area contributed by atoms with E-state index in [2.05, 4.69) is 15.4 Å². The maximum absolute atomic E-state index is 13.5. The second-order valence-electron chi connectivity index (χ2n) is 4.75. The minimum absolute atomic E-state index is 0.253. The summed E-state index contributed by atoms with van der Waals surface area (Å²) >= 11 is 0. The summed E-state index contributed by atoms with van der Waals surface area (Å²) in [5.41, 5.74) is 6.81. The molecule has 2 N–H and O–H groups in total. The lowest BCUT2D eigenvalue weighted by Gasteiger charge is -2.23. The summed E-state index contributed by atoms with van der Waals surface area (Å²) in [5.74, 6) is 0.291. The van der Waals surface area contributed by atoms with Gasteiger partial charge in [0.15, 0.2) is 5.82 Å². The lowest BCUT2D eigenvalue weighted by Crippen LogP contribution is -2.36. The maximum Gasteiger partial charge on any atom is 0.176 e. The summed E-state index contributed by atoms with van der Waals surface area (Å²) in [7, 11) is 1.69. The van der Waals surface area contributed by atoms with E-state index in [9.17, 15) is 4.39 Å². The van der Waals surface area contributed by atoms with Crippen LogP contribution in [0, 0.1) is 12.7 Å². The highest BCUT2D eigenvalue weighted by atomic mass is 19.1. The summed E-state index contributed by atoms with van der Waals surface area (Å²) in [6.45, 7) is 3.55. The van der Waals surface area contributed by atoms with E-state index in [4.69, 9.17) is 5.73 Å². The molecule has 0 saturated carbocycles. The van der Waals surface area contributed by atoms with Crippen molar-refractivity contribution in [3.8, 4) is 0 Å². The third-order valence-electron chi connectivity index (χ3n) is 2.91. The standard InChI is InChI=1S/C12H16FN5/c1-8-4-5-9(6-10(8)13)12(2,14)7-11-15-17-18(3)16-11/h4-6H,7,14H2,1-3H3. The number of hydrogen-bond donors (Lipinski definition) is 1. The number of aryl methyl sites for hydroxylation is 2. The molecule has 0 saturated heterocycles. The van der Waals surface area contributed by atoms with Gasteiger partial charge in [0.25, 0.3) is 0 Å². The van der Waals surface area contributed by atoms with Crippen molar-refractivity contribution in [2.45, 2.75) is 25.8 Å². The average molecular weight is 249 g/mol. The van der Waals surface area contributed by atoms with Crippen molar-refractivity contribution in [2.24, 2.45) is 12.8 Å². The van der Waals surface area contributed by atoms with Crippen LogP contribution in [0.4, 0.5) is 4.39 Å². The number of rotatable bonds is 3. The molecule has 5 nitrogen and oxygen atoms in total. The van der Waals surface area contributed by atoms with Gasteiger partial charge in [0.2, 0.25) is 0 Å². The van der Waals surface area contributed by atoms with E-state index in [1.54, 1.807) is 20.0 Å². The van der Waals surface area contributed by atoms with E-state index in [1.165, 1.54) is 10.9 Å². The number of halogens is 1. The van der Waals surface area contributed by atoms with Crippen LogP contribution in [0.15, 0.2) is 18.2 Å². The zero-order valence-corrected chi connectivity index (χ0v) is 10.7. The molecule has 96 valence electrons. The largest absolute Gasteiger partial charge is 0.321 e. The van der Waals surface area contributed by atoms with Crippen molar-refractivity contribution in [1.82, 2.24) is 20.2 Å². The van der Waals surface area contributed by atoms with E-state index >= 15 is 0 Å². The minimum atomic E-state index is -0.725. The fourth-order valence-corrected chi connectivity index (χ4v) is 1.77. The molecule has 0 aliphatic rings. The number of aromatic nitrogens is 4. The molecule has 0 fully saturated rings. The predicted molar refractivity (Wildman–Crippen MR) is 65.2 cm³/mol. The second-order valence-corrected chi connectivity index (χ2v) is 4.75. The zero-order valence-electron chi connectivity index (χ0n) is 10.7. The normalized spacial score (nSPS) is 14.5. The van der Waals surface area contributed by atoms with Gasteiger partial charge in [-0.25, -0.2) is 4.39 Å². The van der Waals surface area contributed by atoms with Crippen LogP contribution in [0.3, 0.4) is 0 Å². The number of nitrogens with zero attached hydrogens (tertiary/aromatic N) is 4.